The van der Waals surface area contributed by atoms with Crippen LogP contribution in [-0.4, -0.2) is 63.5 Å². The van der Waals surface area contributed by atoms with Gasteiger partial charge in [-0.1, -0.05) is 54.1 Å². The van der Waals surface area contributed by atoms with Crippen LogP contribution in [0.4, 0.5) is 5.69 Å². The Morgan fingerprint density at radius 1 is 0.778 bits per heavy atom. The van der Waals surface area contributed by atoms with Crippen LogP contribution in [-0.2, 0) is 22.4 Å². The van der Waals surface area contributed by atoms with E-state index in [1.165, 1.54) is 5.56 Å². The van der Waals surface area contributed by atoms with Crippen molar-refractivity contribution in [3.8, 4) is 5.75 Å². The van der Waals surface area contributed by atoms with Crippen LogP contribution in [0.1, 0.15) is 27.0 Å². The smallest absolute Gasteiger partial charge is 0.254 e. The summed E-state index contributed by atoms with van der Waals surface area (Å²) in [5, 5.41) is 0.644. The van der Waals surface area contributed by atoms with E-state index in [4.69, 9.17) is 25.8 Å². The van der Waals surface area contributed by atoms with Crippen LogP contribution >= 0.6 is 11.6 Å². The molecule has 2 aliphatic rings. The molecule has 1 amide bonds. The van der Waals surface area contributed by atoms with Crippen LogP contribution in [0.5, 0.6) is 5.75 Å². The predicted molar refractivity (Wildman–Crippen MR) is 141 cm³/mol. The summed E-state index contributed by atoms with van der Waals surface area (Å²) < 4.78 is 17.3. The molecule has 6 nitrogen and oxygen atoms in total. The maximum Gasteiger partial charge on any atom is 0.254 e. The van der Waals surface area contributed by atoms with Crippen molar-refractivity contribution in [2.45, 2.75) is 13.0 Å². The fraction of sp³-hybridized carbons (Fsp3) is 0.345. The molecule has 0 aromatic heterocycles. The lowest BCUT2D eigenvalue weighted by atomic mass is 10.0. The van der Waals surface area contributed by atoms with Gasteiger partial charge in [-0.25, -0.2) is 0 Å². The zero-order valence-corrected chi connectivity index (χ0v) is 21.1. The molecule has 188 valence electrons. The zero-order chi connectivity index (χ0) is 24.7. The fourth-order valence-corrected chi connectivity index (χ4v) is 4.92. The summed E-state index contributed by atoms with van der Waals surface area (Å²) in [4.78, 5) is 17.7. The van der Waals surface area contributed by atoms with Gasteiger partial charge >= 0.3 is 0 Å². The Morgan fingerprint density at radius 3 is 2.44 bits per heavy atom. The number of hydrogen-bond donors (Lipinski definition) is 0. The second-order valence-corrected chi connectivity index (χ2v) is 9.46. The molecule has 2 heterocycles. The van der Waals surface area contributed by atoms with E-state index >= 15 is 0 Å². The summed E-state index contributed by atoms with van der Waals surface area (Å²) in [6, 6.07) is 22.1. The Hall–Kier alpha value is -3.06. The molecular weight excluding hydrogens is 476 g/mol. The van der Waals surface area contributed by atoms with Gasteiger partial charge in [0.1, 0.15) is 12.4 Å². The van der Waals surface area contributed by atoms with E-state index in [1.807, 2.05) is 41.3 Å². The third-order valence-electron chi connectivity index (χ3n) is 6.55. The largest absolute Gasteiger partial charge is 0.491 e. The van der Waals surface area contributed by atoms with E-state index in [0.29, 0.717) is 56.7 Å². The Balaban J connectivity index is 1.40. The molecule has 3 aromatic rings. The average Bonchev–Trinajstić information content (AvgIpc) is 2.91. The molecule has 5 rings (SSSR count). The van der Waals surface area contributed by atoms with Crippen molar-refractivity contribution in [3.05, 3.63) is 94.0 Å². The maximum absolute atomic E-state index is 13.7. The number of hydrogen-bond acceptors (Lipinski definition) is 5. The van der Waals surface area contributed by atoms with Gasteiger partial charge in [-0.15, -0.1) is 0 Å². The lowest BCUT2D eigenvalue weighted by Crippen LogP contribution is -2.37. The molecule has 36 heavy (non-hydrogen) atoms. The van der Waals surface area contributed by atoms with Gasteiger partial charge in [-0.3, -0.25) is 4.79 Å². The van der Waals surface area contributed by atoms with Crippen LogP contribution in [0.15, 0.2) is 66.7 Å². The van der Waals surface area contributed by atoms with Crippen LogP contribution in [0.3, 0.4) is 0 Å². The van der Waals surface area contributed by atoms with Crippen LogP contribution in [0, 0.1) is 0 Å². The Morgan fingerprint density at radius 2 is 1.56 bits per heavy atom. The molecule has 1 saturated heterocycles. The van der Waals surface area contributed by atoms with Gasteiger partial charge < -0.3 is 24.0 Å². The van der Waals surface area contributed by atoms with Crippen molar-refractivity contribution in [3.63, 3.8) is 0 Å². The highest BCUT2D eigenvalue weighted by molar-refractivity contribution is 6.33. The number of fused-ring (bicyclic) bond motifs is 3. The molecule has 0 unspecified atom stereocenters. The minimum atomic E-state index is -0.0381. The van der Waals surface area contributed by atoms with Gasteiger partial charge in [0.15, 0.2) is 0 Å². The second kappa shape index (κ2) is 11.8. The fourth-order valence-electron chi connectivity index (χ4n) is 4.68. The van der Waals surface area contributed by atoms with Crippen LogP contribution in [0.25, 0.3) is 0 Å². The predicted octanol–water partition coefficient (Wildman–Crippen LogP) is 4.82. The lowest BCUT2D eigenvalue weighted by Gasteiger charge is -2.30. The van der Waals surface area contributed by atoms with E-state index in [2.05, 4.69) is 35.2 Å². The van der Waals surface area contributed by atoms with E-state index in [1.54, 1.807) is 0 Å². The number of benzene rings is 3. The lowest BCUT2D eigenvalue weighted by molar-refractivity contribution is 0.0571. The quantitative estimate of drug-likeness (QED) is 0.499. The third kappa shape index (κ3) is 6.01. The molecular formula is C29H31ClN2O4. The normalized spacial score (nSPS) is 17.0. The van der Waals surface area contributed by atoms with Crippen molar-refractivity contribution in [2.24, 2.45) is 0 Å². The van der Waals surface area contributed by atoms with Crippen molar-refractivity contribution in [1.29, 1.82) is 0 Å². The minimum Gasteiger partial charge on any atom is -0.491 e. The van der Waals surface area contributed by atoms with Crippen molar-refractivity contribution in [1.82, 2.24) is 4.90 Å². The highest BCUT2D eigenvalue weighted by atomic mass is 35.5. The number of rotatable bonds is 2. The summed E-state index contributed by atoms with van der Waals surface area (Å²) in [6.45, 7) is 5.17. The molecule has 0 aliphatic carbocycles. The van der Waals surface area contributed by atoms with E-state index in [9.17, 15) is 4.79 Å². The van der Waals surface area contributed by atoms with Gasteiger partial charge in [0.05, 0.1) is 37.1 Å². The first kappa shape index (κ1) is 24.6. The van der Waals surface area contributed by atoms with E-state index < -0.39 is 0 Å². The monoisotopic (exact) mass is 506 g/mol. The minimum absolute atomic E-state index is 0.0381. The van der Waals surface area contributed by atoms with Gasteiger partial charge in [-0.2, -0.15) is 0 Å². The Kier molecular flexibility index (Phi) is 8.06. The van der Waals surface area contributed by atoms with Crippen molar-refractivity contribution in [2.75, 3.05) is 57.6 Å². The van der Waals surface area contributed by atoms with Gasteiger partial charge in [0, 0.05) is 38.2 Å². The molecule has 7 heteroatoms. The molecule has 0 saturated carbocycles. The summed E-state index contributed by atoms with van der Waals surface area (Å²) in [5.41, 5.74) is 4.90. The molecule has 1 fully saturated rings. The van der Waals surface area contributed by atoms with Crippen LogP contribution in [0.2, 0.25) is 5.02 Å². The number of nitrogens with zero attached hydrogens (tertiary/aromatic N) is 2. The molecule has 0 spiro atoms. The molecule has 3 aromatic carbocycles. The first-order valence-electron chi connectivity index (χ1n) is 12.5. The maximum atomic E-state index is 13.7. The summed E-state index contributed by atoms with van der Waals surface area (Å²) >= 11 is 6.51. The SMILES string of the molecule is O=C(c1ccc(Cl)c(N2CCOCC2)c1)N1CCOCCOc2ccccc2Cc2cccc(c2)C1. The molecule has 2 bridgehead atoms. The first-order chi connectivity index (χ1) is 17.7. The van der Waals surface area contributed by atoms with Gasteiger partial charge in [-0.05, 0) is 41.0 Å². The number of amides is 1. The molecule has 0 N–H and O–H groups in total. The summed E-state index contributed by atoms with van der Waals surface area (Å²) in [7, 11) is 0. The number of para-hydroxylation sites is 1. The molecule has 0 atom stereocenters. The van der Waals surface area contributed by atoms with Gasteiger partial charge in [0.25, 0.3) is 5.91 Å². The number of ether oxygens (including phenoxy) is 3. The topological polar surface area (TPSA) is 51.2 Å². The highest BCUT2D eigenvalue weighted by Crippen LogP contribution is 2.29. The number of carbonyl (C=O) groups excluding carboxylic acids is 1. The highest BCUT2D eigenvalue weighted by Gasteiger charge is 2.21. The van der Waals surface area contributed by atoms with Crippen LogP contribution < -0.4 is 9.64 Å². The number of carbonyl (C=O) groups is 1. The number of morpholine rings is 1. The van der Waals surface area contributed by atoms with Gasteiger partial charge in [0.2, 0.25) is 0 Å². The van der Waals surface area contributed by atoms with Crippen molar-refractivity contribution < 1.29 is 19.0 Å². The van der Waals surface area contributed by atoms with E-state index in [-0.39, 0.29) is 5.91 Å². The standard InChI is InChI=1S/C29H31ClN2O4/c30-26-9-8-25(20-27(26)31-10-13-34-14-11-31)29(33)32-12-15-35-16-17-36-28-7-2-1-6-24(28)19-22-4-3-5-23(18-22)21-32/h1-9,18,20H,10-17,19,21H2. The Bertz CT molecular complexity index is 1200. The Labute approximate surface area is 217 Å². The average molecular weight is 507 g/mol. The van der Waals surface area contributed by atoms with E-state index in [0.717, 1.165) is 42.1 Å². The number of anilines is 1. The number of halogens is 1. The summed E-state index contributed by atoms with van der Waals surface area (Å²) in [5.74, 6) is 0.850. The summed E-state index contributed by atoms with van der Waals surface area (Å²) in [6.07, 6.45) is 0.763. The molecule has 0 radical (unpaired) electrons. The zero-order valence-electron chi connectivity index (χ0n) is 20.3. The third-order valence-corrected chi connectivity index (χ3v) is 6.87. The second-order valence-electron chi connectivity index (χ2n) is 9.06. The first-order valence-corrected chi connectivity index (χ1v) is 12.8. The van der Waals surface area contributed by atoms with Crippen molar-refractivity contribution >= 4 is 23.2 Å². The molecule has 2 aliphatic heterocycles.